The molecule has 2 heteroatoms. The minimum atomic E-state index is 0.344. The van der Waals surface area contributed by atoms with Crippen LogP contribution < -0.4 is 0 Å². The van der Waals surface area contributed by atoms with Crippen LogP contribution in [-0.4, -0.2) is 17.0 Å². The van der Waals surface area contributed by atoms with E-state index in [1.54, 1.807) is 0 Å². The molecule has 1 aliphatic heterocycles. The molecule has 3 rings (SSSR count). The second kappa shape index (κ2) is 3.48. The fraction of sp³-hybridized carbons (Fsp3) is 1.00. The van der Waals surface area contributed by atoms with Crippen molar-refractivity contribution in [1.29, 1.82) is 0 Å². The van der Waals surface area contributed by atoms with Crippen LogP contribution in [0.5, 0.6) is 0 Å². The minimum absolute atomic E-state index is 0.344. The SMILES string of the molecule is BrCC1CCCC(C2CC2)(C2CC2)O1. The van der Waals surface area contributed by atoms with Crippen molar-refractivity contribution in [1.82, 2.24) is 0 Å². The molecule has 0 spiro atoms. The first kappa shape index (κ1) is 9.65. The van der Waals surface area contributed by atoms with Crippen molar-refractivity contribution >= 4 is 15.9 Å². The molecule has 0 amide bonds. The molecule has 0 N–H and O–H groups in total. The van der Waals surface area contributed by atoms with Crippen molar-refractivity contribution in [2.75, 3.05) is 5.33 Å². The summed E-state index contributed by atoms with van der Waals surface area (Å²) < 4.78 is 6.42. The number of hydrogen-bond acceptors (Lipinski definition) is 1. The Morgan fingerprint density at radius 3 is 2.21 bits per heavy atom. The average molecular weight is 259 g/mol. The van der Waals surface area contributed by atoms with Crippen molar-refractivity contribution in [3.63, 3.8) is 0 Å². The Labute approximate surface area is 94.7 Å². The maximum absolute atomic E-state index is 6.42. The molecule has 3 aliphatic rings. The quantitative estimate of drug-likeness (QED) is 0.705. The summed E-state index contributed by atoms with van der Waals surface area (Å²) in [5.41, 5.74) is 0.344. The molecule has 80 valence electrons. The third-order valence-corrected chi connectivity index (χ3v) is 4.91. The zero-order chi connectivity index (χ0) is 9.60. The van der Waals surface area contributed by atoms with E-state index in [-0.39, 0.29) is 0 Å². The molecule has 0 aromatic rings. The molecule has 0 radical (unpaired) electrons. The van der Waals surface area contributed by atoms with Crippen LogP contribution in [0.2, 0.25) is 0 Å². The standard InChI is InChI=1S/C12H19BrO/c13-8-11-2-1-7-12(14-11,9-3-4-9)10-5-6-10/h9-11H,1-8H2. The van der Waals surface area contributed by atoms with E-state index in [4.69, 9.17) is 4.74 Å². The lowest BCUT2D eigenvalue weighted by Gasteiger charge is -2.42. The lowest BCUT2D eigenvalue weighted by Crippen LogP contribution is -2.45. The first-order valence-electron chi connectivity index (χ1n) is 6.09. The molecule has 1 atom stereocenters. The summed E-state index contributed by atoms with van der Waals surface area (Å²) in [6, 6.07) is 0. The van der Waals surface area contributed by atoms with Crippen LogP contribution >= 0.6 is 15.9 Å². The zero-order valence-corrected chi connectivity index (χ0v) is 10.3. The number of hydrogen-bond donors (Lipinski definition) is 0. The second-order valence-electron chi connectivity index (χ2n) is 5.29. The Balaban J connectivity index is 1.76. The minimum Gasteiger partial charge on any atom is -0.370 e. The van der Waals surface area contributed by atoms with Gasteiger partial charge in [0.05, 0.1) is 11.7 Å². The molecular formula is C12H19BrO. The topological polar surface area (TPSA) is 9.23 Å². The Bertz CT molecular complexity index is 208. The van der Waals surface area contributed by atoms with Gasteiger partial charge in [0.25, 0.3) is 0 Å². The van der Waals surface area contributed by atoms with Gasteiger partial charge in [-0.1, -0.05) is 15.9 Å². The van der Waals surface area contributed by atoms with Crippen molar-refractivity contribution in [2.45, 2.75) is 56.7 Å². The summed E-state index contributed by atoms with van der Waals surface area (Å²) in [6.45, 7) is 0. The van der Waals surface area contributed by atoms with Gasteiger partial charge < -0.3 is 4.74 Å². The molecule has 0 aromatic heterocycles. The first-order chi connectivity index (χ1) is 6.85. The van der Waals surface area contributed by atoms with Crippen LogP contribution in [0.25, 0.3) is 0 Å². The summed E-state index contributed by atoms with van der Waals surface area (Å²) in [5, 5.41) is 1.04. The highest BCUT2D eigenvalue weighted by molar-refractivity contribution is 9.09. The molecule has 2 aliphatic carbocycles. The fourth-order valence-corrected chi connectivity index (χ4v) is 3.68. The molecule has 3 fully saturated rings. The third-order valence-electron chi connectivity index (χ3n) is 4.19. The molecule has 2 saturated carbocycles. The fourth-order valence-electron chi connectivity index (χ4n) is 3.22. The van der Waals surface area contributed by atoms with E-state index in [9.17, 15) is 0 Å². The van der Waals surface area contributed by atoms with E-state index in [0.717, 1.165) is 17.2 Å². The molecule has 0 aromatic carbocycles. The van der Waals surface area contributed by atoms with Crippen LogP contribution in [0.1, 0.15) is 44.9 Å². The van der Waals surface area contributed by atoms with Crippen LogP contribution in [-0.2, 0) is 4.74 Å². The normalized spacial score (nSPS) is 37.1. The summed E-state index contributed by atoms with van der Waals surface area (Å²) in [7, 11) is 0. The van der Waals surface area contributed by atoms with Crippen LogP contribution in [0.3, 0.4) is 0 Å². The number of ether oxygens (including phenoxy) is 1. The van der Waals surface area contributed by atoms with Gasteiger partial charge in [0.15, 0.2) is 0 Å². The Morgan fingerprint density at radius 2 is 1.71 bits per heavy atom. The number of alkyl halides is 1. The Morgan fingerprint density at radius 1 is 1.07 bits per heavy atom. The second-order valence-corrected chi connectivity index (χ2v) is 5.94. The highest BCUT2D eigenvalue weighted by Crippen LogP contribution is 2.58. The predicted octanol–water partition coefficient (Wildman–Crippen LogP) is 3.51. The average Bonchev–Trinajstić information content (AvgIpc) is 3.08. The maximum atomic E-state index is 6.42. The molecule has 1 nitrogen and oxygen atoms in total. The van der Waals surface area contributed by atoms with E-state index in [2.05, 4.69) is 15.9 Å². The summed E-state index contributed by atoms with van der Waals surface area (Å²) in [4.78, 5) is 0. The third kappa shape index (κ3) is 1.55. The lowest BCUT2D eigenvalue weighted by atomic mass is 9.83. The Kier molecular flexibility index (Phi) is 2.40. The largest absolute Gasteiger partial charge is 0.370 e. The lowest BCUT2D eigenvalue weighted by molar-refractivity contribution is -0.145. The van der Waals surface area contributed by atoms with Gasteiger partial charge in [0, 0.05) is 5.33 Å². The van der Waals surface area contributed by atoms with Gasteiger partial charge in [-0.05, 0) is 56.8 Å². The number of halogens is 1. The van der Waals surface area contributed by atoms with E-state index < -0.39 is 0 Å². The molecule has 1 unspecified atom stereocenters. The predicted molar refractivity (Wildman–Crippen MR) is 60.7 cm³/mol. The first-order valence-corrected chi connectivity index (χ1v) is 7.21. The monoisotopic (exact) mass is 258 g/mol. The highest BCUT2D eigenvalue weighted by atomic mass is 79.9. The summed E-state index contributed by atoms with van der Waals surface area (Å²) in [6.07, 6.45) is 10.3. The van der Waals surface area contributed by atoms with Crippen molar-refractivity contribution in [3.05, 3.63) is 0 Å². The van der Waals surface area contributed by atoms with Gasteiger partial charge >= 0.3 is 0 Å². The smallest absolute Gasteiger partial charge is 0.0742 e. The molecule has 0 bridgehead atoms. The summed E-state index contributed by atoms with van der Waals surface area (Å²) in [5.74, 6) is 1.86. The van der Waals surface area contributed by atoms with E-state index >= 15 is 0 Å². The maximum Gasteiger partial charge on any atom is 0.0742 e. The van der Waals surface area contributed by atoms with Gasteiger partial charge in [-0.25, -0.2) is 0 Å². The van der Waals surface area contributed by atoms with E-state index in [1.165, 1.54) is 44.9 Å². The molecule has 1 saturated heterocycles. The zero-order valence-electron chi connectivity index (χ0n) is 8.68. The van der Waals surface area contributed by atoms with E-state index in [0.29, 0.717) is 11.7 Å². The van der Waals surface area contributed by atoms with Gasteiger partial charge in [0.2, 0.25) is 0 Å². The highest BCUT2D eigenvalue weighted by Gasteiger charge is 2.56. The van der Waals surface area contributed by atoms with Gasteiger partial charge in [0.1, 0.15) is 0 Å². The van der Waals surface area contributed by atoms with Gasteiger partial charge in [-0.15, -0.1) is 0 Å². The van der Waals surface area contributed by atoms with Crippen LogP contribution in [0.15, 0.2) is 0 Å². The van der Waals surface area contributed by atoms with Crippen LogP contribution in [0, 0.1) is 11.8 Å². The summed E-state index contributed by atoms with van der Waals surface area (Å²) >= 11 is 3.58. The van der Waals surface area contributed by atoms with Crippen LogP contribution in [0.4, 0.5) is 0 Å². The molecular weight excluding hydrogens is 240 g/mol. The Hall–Kier alpha value is 0.440. The van der Waals surface area contributed by atoms with E-state index in [1.807, 2.05) is 0 Å². The van der Waals surface area contributed by atoms with Gasteiger partial charge in [-0.2, -0.15) is 0 Å². The molecule has 14 heavy (non-hydrogen) atoms. The molecule has 1 heterocycles. The van der Waals surface area contributed by atoms with Crippen molar-refractivity contribution in [2.24, 2.45) is 11.8 Å². The van der Waals surface area contributed by atoms with Crippen molar-refractivity contribution in [3.8, 4) is 0 Å². The van der Waals surface area contributed by atoms with Crippen molar-refractivity contribution < 1.29 is 4.74 Å². The number of rotatable bonds is 3. The van der Waals surface area contributed by atoms with Gasteiger partial charge in [-0.3, -0.25) is 0 Å².